The van der Waals surface area contributed by atoms with Crippen molar-refractivity contribution in [3.05, 3.63) is 64.4 Å². The van der Waals surface area contributed by atoms with Crippen LogP contribution in [-0.2, 0) is 12.8 Å². The van der Waals surface area contributed by atoms with Gasteiger partial charge in [0, 0.05) is 10.6 Å². The van der Waals surface area contributed by atoms with Crippen LogP contribution in [0.25, 0.3) is 10.6 Å². The number of benzene rings is 2. The molecule has 0 aliphatic heterocycles. The Balaban J connectivity index is 1.74. The minimum atomic E-state index is -4.54. The van der Waals surface area contributed by atoms with Gasteiger partial charge in [0.25, 0.3) is 0 Å². The van der Waals surface area contributed by atoms with Crippen molar-refractivity contribution in [1.29, 1.82) is 0 Å². The molecule has 0 saturated carbocycles. The third-order valence-corrected chi connectivity index (χ3v) is 4.43. The van der Waals surface area contributed by atoms with Gasteiger partial charge in [0.15, 0.2) is 0 Å². The van der Waals surface area contributed by atoms with Gasteiger partial charge in [-0.1, -0.05) is 23.7 Å². The zero-order valence-corrected chi connectivity index (χ0v) is 14.5. The molecule has 1 aromatic heterocycles. The van der Waals surface area contributed by atoms with E-state index < -0.39 is 12.0 Å². The maximum atomic E-state index is 12.6. The van der Waals surface area contributed by atoms with Crippen molar-refractivity contribution in [3.8, 4) is 16.3 Å². The Hall–Kier alpha value is -2.12. The first-order chi connectivity index (χ1) is 11.8. The fourth-order valence-corrected chi connectivity index (χ4v) is 2.94. The van der Waals surface area contributed by atoms with E-state index >= 15 is 0 Å². The smallest absolute Gasteiger partial charge is 0.452 e. The molecule has 25 heavy (non-hydrogen) atoms. The largest absolute Gasteiger partial charge is 0.489 e. The normalized spacial score (nSPS) is 11.6. The van der Waals surface area contributed by atoms with Crippen LogP contribution in [0.15, 0.2) is 42.5 Å². The van der Waals surface area contributed by atoms with Gasteiger partial charge in [0.1, 0.15) is 17.4 Å². The number of hydrogen-bond acceptors (Lipinski definition) is 4. The Morgan fingerprint density at radius 2 is 1.84 bits per heavy atom. The Morgan fingerprint density at radius 1 is 1.12 bits per heavy atom. The highest BCUT2D eigenvalue weighted by Crippen LogP contribution is 2.32. The van der Waals surface area contributed by atoms with Crippen LogP contribution in [-0.4, -0.2) is 9.36 Å². The zero-order valence-electron chi connectivity index (χ0n) is 13.0. The van der Waals surface area contributed by atoms with E-state index in [1.165, 1.54) is 0 Å². The van der Waals surface area contributed by atoms with E-state index in [1.54, 1.807) is 30.3 Å². The van der Waals surface area contributed by atoms with Crippen LogP contribution in [0.3, 0.4) is 0 Å². The number of hydrogen-bond donors (Lipinski definition) is 0. The quantitative estimate of drug-likeness (QED) is 0.573. The molecule has 0 aliphatic carbocycles. The van der Waals surface area contributed by atoms with E-state index in [0.29, 0.717) is 22.9 Å². The van der Waals surface area contributed by atoms with Gasteiger partial charge in [0.2, 0.25) is 5.82 Å². The first kappa shape index (κ1) is 17.7. The predicted molar refractivity (Wildman–Crippen MR) is 90.9 cm³/mol. The molecule has 0 amide bonds. The Kier molecular flexibility index (Phi) is 4.96. The van der Waals surface area contributed by atoms with Crippen LogP contribution >= 0.6 is 23.1 Å². The average molecular weight is 385 g/mol. The van der Waals surface area contributed by atoms with E-state index in [4.69, 9.17) is 16.3 Å². The van der Waals surface area contributed by atoms with Crippen molar-refractivity contribution in [2.45, 2.75) is 19.7 Å². The average Bonchev–Trinajstić information content (AvgIpc) is 3.05. The third kappa shape index (κ3) is 4.29. The van der Waals surface area contributed by atoms with Gasteiger partial charge in [-0.05, 0) is 59.9 Å². The van der Waals surface area contributed by atoms with E-state index in [0.717, 1.165) is 22.7 Å². The summed E-state index contributed by atoms with van der Waals surface area (Å²) in [6.07, 6.45) is -4.54. The van der Waals surface area contributed by atoms with Crippen molar-refractivity contribution in [3.63, 3.8) is 0 Å². The molecule has 0 unspecified atom stereocenters. The summed E-state index contributed by atoms with van der Waals surface area (Å²) < 4.78 is 46.9. The number of aromatic nitrogens is 2. The number of alkyl halides is 3. The molecule has 0 atom stereocenters. The van der Waals surface area contributed by atoms with E-state index in [9.17, 15) is 13.2 Å². The van der Waals surface area contributed by atoms with Crippen LogP contribution in [0.4, 0.5) is 13.2 Å². The molecular formula is C17H12ClF3N2OS. The van der Waals surface area contributed by atoms with Gasteiger partial charge in [0.05, 0.1) is 0 Å². The highest BCUT2D eigenvalue weighted by atomic mass is 35.5. The van der Waals surface area contributed by atoms with Gasteiger partial charge >= 0.3 is 6.18 Å². The summed E-state index contributed by atoms with van der Waals surface area (Å²) in [4.78, 5) is 3.55. The van der Waals surface area contributed by atoms with Crippen LogP contribution in [0.5, 0.6) is 5.75 Å². The molecule has 0 saturated heterocycles. The van der Waals surface area contributed by atoms with Gasteiger partial charge < -0.3 is 4.74 Å². The molecule has 0 fully saturated rings. The van der Waals surface area contributed by atoms with Crippen LogP contribution < -0.4 is 4.74 Å². The highest BCUT2D eigenvalue weighted by molar-refractivity contribution is 7.09. The summed E-state index contributed by atoms with van der Waals surface area (Å²) in [5.41, 5.74) is 2.34. The molecular weight excluding hydrogens is 373 g/mol. The Morgan fingerprint density at radius 3 is 2.44 bits per heavy atom. The van der Waals surface area contributed by atoms with Gasteiger partial charge in [-0.2, -0.15) is 17.5 Å². The lowest BCUT2D eigenvalue weighted by Gasteiger charge is -2.10. The number of rotatable bonds is 4. The van der Waals surface area contributed by atoms with Crippen molar-refractivity contribution < 1.29 is 17.9 Å². The van der Waals surface area contributed by atoms with Crippen LogP contribution in [0.2, 0.25) is 5.02 Å². The predicted octanol–water partition coefficient (Wildman–Crippen LogP) is 5.76. The summed E-state index contributed by atoms with van der Waals surface area (Å²) in [7, 11) is 0. The van der Waals surface area contributed by atoms with Crippen molar-refractivity contribution in [2.24, 2.45) is 0 Å². The second-order valence-electron chi connectivity index (χ2n) is 5.32. The molecule has 0 bridgehead atoms. The van der Waals surface area contributed by atoms with E-state index in [-0.39, 0.29) is 5.01 Å². The minimum Gasteiger partial charge on any atom is -0.489 e. The van der Waals surface area contributed by atoms with Gasteiger partial charge in [-0.15, -0.1) is 0 Å². The fourth-order valence-electron chi connectivity index (χ4n) is 2.14. The molecule has 0 radical (unpaired) electrons. The maximum Gasteiger partial charge on any atom is 0.452 e. The van der Waals surface area contributed by atoms with Crippen molar-refractivity contribution in [1.82, 2.24) is 9.36 Å². The summed E-state index contributed by atoms with van der Waals surface area (Å²) in [6, 6.07) is 12.4. The zero-order chi connectivity index (χ0) is 18.0. The molecule has 130 valence electrons. The Labute approximate surface area is 151 Å². The summed E-state index contributed by atoms with van der Waals surface area (Å²) in [5.74, 6) is -0.465. The monoisotopic (exact) mass is 384 g/mol. The lowest BCUT2D eigenvalue weighted by Crippen LogP contribution is -2.06. The lowest BCUT2D eigenvalue weighted by atomic mass is 10.1. The fraction of sp³-hybridized carbons (Fsp3) is 0.176. The third-order valence-electron chi connectivity index (χ3n) is 3.41. The van der Waals surface area contributed by atoms with E-state index in [2.05, 4.69) is 9.36 Å². The molecule has 0 N–H and O–H groups in total. The lowest BCUT2D eigenvalue weighted by molar-refractivity contribution is -0.144. The van der Waals surface area contributed by atoms with Gasteiger partial charge in [-0.25, -0.2) is 4.98 Å². The molecule has 0 aliphatic rings. The van der Waals surface area contributed by atoms with Crippen molar-refractivity contribution >= 4 is 23.1 Å². The Bertz CT molecular complexity index is 878. The molecule has 8 heteroatoms. The first-order valence-electron chi connectivity index (χ1n) is 7.22. The number of halogens is 4. The van der Waals surface area contributed by atoms with E-state index in [1.807, 2.05) is 19.1 Å². The molecule has 0 spiro atoms. The standard InChI is InChI=1S/C17H12ClF3N2OS/c1-10-8-12(15-22-16(23-25-15)17(19,20)21)4-7-14(10)24-9-11-2-5-13(18)6-3-11/h2-8H,9H2,1H3. The molecule has 1 heterocycles. The summed E-state index contributed by atoms with van der Waals surface area (Å²) in [6.45, 7) is 2.20. The maximum absolute atomic E-state index is 12.6. The number of nitrogens with zero attached hydrogens (tertiary/aromatic N) is 2. The molecule has 3 nitrogen and oxygen atoms in total. The summed E-state index contributed by atoms with van der Waals surface area (Å²) in [5, 5.41) is 0.874. The van der Waals surface area contributed by atoms with Crippen LogP contribution in [0.1, 0.15) is 17.0 Å². The number of ether oxygens (including phenoxy) is 1. The highest BCUT2D eigenvalue weighted by Gasteiger charge is 2.36. The molecule has 2 aromatic carbocycles. The summed E-state index contributed by atoms with van der Waals surface area (Å²) >= 11 is 6.56. The topological polar surface area (TPSA) is 35.0 Å². The molecule has 3 aromatic rings. The first-order valence-corrected chi connectivity index (χ1v) is 8.37. The SMILES string of the molecule is Cc1cc(-c2nc(C(F)(F)F)ns2)ccc1OCc1ccc(Cl)cc1. The van der Waals surface area contributed by atoms with Crippen LogP contribution in [0, 0.1) is 6.92 Å². The second kappa shape index (κ2) is 7.01. The van der Waals surface area contributed by atoms with Crippen molar-refractivity contribution in [2.75, 3.05) is 0 Å². The van der Waals surface area contributed by atoms with Gasteiger partial charge in [-0.3, -0.25) is 0 Å². The second-order valence-corrected chi connectivity index (χ2v) is 6.50. The number of aryl methyl sites for hydroxylation is 1. The minimum absolute atomic E-state index is 0.222. The molecule has 3 rings (SSSR count).